The highest BCUT2D eigenvalue weighted by molar-refractivity contribution is 5.63. The molecule has 0 spiro atoms. The van der Waals surface area contributed by atoms with Gasteiger partial charge in [-0.05, 0) is 49.7 Å². The quantitative estimate of drug-likeness (QED) is 0.682. The second-order valence-corrected chi connectivity index (χ2v) is 5.69. The van der Waals surface area contributed by atoms with Gasteiger partial charge in [0.1, 0.15) is 5.82 Å². The van der Waals surface area contributed by atoms with E-state index >= 15 is 0 Å². The van der Waals surface area contributed by atoms with E-state index < -0.39 is 0 Å². The highest BCUT2D eigenvalue weighted by Gasteiger charge is 2.12. The molecule has 122 valence electrons. The molecule has 0 N–H and O–H groups in total. The summed E-state index contributed by atoms with van der Waals surface area (Å²) >= 11 is 0. The molecule has 0 unspecified atom stereocenters. The Kier molecular flexibility index (Phi) is 4.75. The van der Waals surface area contributed by atoms with Crippen molar-refractivity contribution in [2.24, 2.45) is 0 Å². The third-order valence-corrected chi connectivity index (χ3v) is 3.98. The summed E-state index contributed by atoms with van der Waals surface area (Å²) < 4.78 is 0. The van der Waals surface area contributed by atoms with Crippen LogP contribution in [-0.4, -0.2) is 23.6 Å². The Balaban J connectivity index is 1.94. The van der Waals surface area contributed by atoms with Crippen LogP contribution in [0.2, 0.25) is 0 Å². The van der Waals surface area contributed by atoms with Gasteiger partial charge in [0.25, 0.3) is 0 Å². The van der Waals surface area contributed by atoms with Crippen molar-refractivity contribution in [3.63, 3.8) is 0 Å². The van der Waals surface area contributed by atoms with Crippen LogP contribution >= 0.6 is 0 Å². The van der Waals surface area contributed by atoms with Crippen molar-refractivity contribution in [2.45, 2.75) is 13.8 Å². The number of aryl methyl sites for hydroxylation is 1. The van der Waals surface area contributed by atoms with Crippen LogP contribution in [0.5, 0.6) is 0 Å². The summed E-state index contributed by atoms with van der Waals surface area (Å²) in [6.45, 7) is 5.08. The third kappa shape index (κ3) is 3.38. The van der Waals surface area contributed by atoms with Crippen molar-refractivity contribution >= 4 is 23.1 Å². The van der Waals surface area contributed by atoms with Gasteiger partial charge >= 0.3 is 0 Å². The molecular formula is C20H22N4. The minimum Gasteiger partial charge on any atom is -0.326 e. The van der Waals surface area contributed by atoms with Gasteiger partial charge in [0.2, 0.25) is 5.95 Å². The smallest absolute Gasteiger partial charge is 0.231 e. The Hall–Kier alpha value is -2.88. The van der Waals surface area contributed by atoms with Crippen LogP contribution in [0.4, 0.5) is 23.1 Å². The molecule has 0 aliphatic heterocycles. The Labute approximate surface area is 143 Å². The fourth-order valence-corrected chi connectivity index (χ4v) is 2.69. The topological polar surface area (TPSA) is 32.3 Å². The van der Waals surface area contributed by atoms with Crippen LogP contribution < -0.4 is 9.80 Å². The zero-order valence-electron chi connectivity index (χ0n) is 14.3. The maximum Gasteiger partial charge on any atom is 0.231 e. The molecule has 3 rings (SSSR count). The van der Waals surface area contributed by atoms with Crippen LogP contribution in [0.25, 0.3) is 0 Å². The fourth-order valence-electron chi connectivity index (χ4n) is 2.69. The molecule has 24 heavy (non-hydrogen) atoms. The Bertz CT molecular complexity index is 801. The number of hydrogen-bond donors (Lipinski definition) is 0. The molecule has 2 aromatic carbocycles. The Morgan fingerprint density at radius 2 is 1.67 bits per heavy atom. The molecule has 3 aromatic rings. The van der Waals surface area contributed by atoms with Crippen LogP contribution in [-0.2, 0) is 0 Å². The standard InChI is InChI=1S/C20H22N4/c1-4-24(18-12-8-9-16(2)15-18)19-13-14-21-20(22-19)23(3)17-10-6-5-7-11-17/h5-15H,4H2,1-3H3. The molecule has 4 heteroatoms. The van der Waals surface area contributed by atoms with Gasteiger partial charge in [-0.2, -0.15) is 4.98 Å². The highest BCUT2D eigenvalue weighted by atomic mass is 15.3. The number of anilines is 4. The summed E-state index contributed by atoms with van der Waals surface area (Å²) in [6.07, 6.45) is 1.82. The number of aromatic nitrogens is 2. The van der Waals surface area contributed by atoms with Gasteiger partial charge in [0.15, 0.2) is 0 Å². The van der Waals surface area contributed by atoms with Gasteiger partial charge in [0.05, 0.1) is 0 Å². The second kappa shape index (κ2) is 7.13. The number of nitrogens with zero attached hydrogens (tertiary/aromatic N) is 4. The van der Waals surface area contributed by atoms with E-state index in [1.54, 1.807) is 0 Å². The lowest BCUT2D eigenvalue weighted by molar-refractivity contribution is 0.958. The molecule has 0 bridgehead atoms. The van der Waals surface area contributed by atoms with E-state index in [1.807, 2.05) is 54.5 Å². The van der Waals surface area contributed by atoms with Gasteiger partial charge in [-0.1, -0.05) is 30.3 Å². The predicted molar refractivity (Wildman–Crippen MR) is 100 cm³/mol. The number of para-hydroxylation sites is 1. The normalized spacial score (nSPS) is 10.5. The van der Waals surface area contributed by atoms with Crippen LogP contribution in [0.3, 0.4) is 0 Å². The largest absolute Gasteiger partial charge is 0.326 e. The van der Waals surface area contributed by atoms with Gasteiger partial charge in [-0.3, -0.25) is 0 Å². The van der Waals surface area contributed by atoms with E-state index in [4.69, 9.17) is 4.98 Å². The molecule has 0 fully saturated rings. The molecule has 0 atom stereocenters. The van der Waals surface area contributed by atoms with Crippen molar-refractivity contribution in [3.05, 3.63) is 72.4 Å². The predicted octanol–water partition coefficient (Wildman–Crippen LogP) is 4.71. The molecule has 0 aliphatic rings. The molecule has 4 nitrogen and oxygen atoms in total. The average Bonchev–Trinajstić information content (AvgIpc) is 2.63. The summed E-state index contributed by atoms with van der Waals surface area (Å²) in [5.74, 6) is 1.58. The minimum absolute atomic E-state index is 0.685. The van der Waals surface area contributed by atoms with E-state index in [1.165, 1.54) is 5.56 Å². The molecule has 0 aliphatic carbocycles. The lowest BCUT2D eigenvalue weighted by atomic mass is 10.2. The van der Waals surface area contributed by atoms with E-state index in [0.29, 0.717) is 5.95 Å². The molecule has 1 heterocycles. The number of rotatable bonds is 5. The van der Waals surface area contributed by atoms with Gasteiger partial charge in [-0.25, -0.2) is 4.98 Å². The third-order valence-electron chi connectivity index (χ3n) is 3.98. The summed E-state index contributed by atoms with van der Waals surface area (Å²) in [5.41, 5.74) is 3.44. The summed E-state index contributed by atoms with van der Waals surface area (Å²) in [5, 5.41) is 0. The summed E-state index contributed by atoms with van der Waals surface area (Å²) in [7, 11) is 1.98. The molecule has 0 saturated heterocycles. The van der Waals surface area contributed by atoms with Crippen LogP contribution in [0, 0.1) is 6.92 Å². The Morgan fingerprint density at radius 1 is 0.917 bits per heavy atom. The van der Waals surface area contributed by atoms with Gasteiger partial charge in [-0.15, -0.1) is 0 Å². The highest BCUT2D eigenvalue weighted by Crippen LogP contribution is 2.26. The number of benzene rings is 2. The van der Waals surface area contributed by atoms with E-state index in [9.17, 15) is 0 Å². The van der Waals surface area contributed by atoms with Crippen molar-refractivity contribution in [1.82, 2.24) is 9.97 Å². The van der Waals surface area contributed by atoms with E-state index in [0.717, 1.165) is 23.7 Å². The first-order valence-electron chi connectivity index (χ1n) is 8.15. The van der Waals surface area contributed by atoms with Crippen molar-refractivity contribution < 1.29 is 0 Å². The first kappa shape index (κ1) is 16.0. The van der Waals surface area contributed by atoms with Crippen LogP contribution in [0.1, 0.15) is 12.5 Å². The summed E-state index contributed by atoms with van der Waals surface area (Å²) in [6, 6.07) is 20.5. The first-order valence-corrected chi connectivity index (χ1v) is 8.15. The maximum absolute atomic E-state index is 4.77. The van der Waals surface area contributed by atoms with Crippen LogP contribution in [0.15, 0.2) is 66.9 Å². The van der Waals surface area contributed by atoms with Crippen molar-refractivity contribution in [3.8, 4) is 0 Å². The average molecular weight is 318 g/mol. The van der Waals surface area contributed by atoms with Crippen molar-refractivity contribution in [1.29, 1.82) is 0 Å². The maximum atomic E-state index is 4.77. The minimum atomic E-state index is 0.685. The van der Waals surface area contributed by atoms with E-state index in [-0.39, 0.29) is 0 Å². The number of hydrogen-bond acceptors (Lipinski definition) is 4. The molecule has 1 aromatic heterocycles. The second-order valence-electron chi connectivity index (χ2n) is 5.69. The van der Waals surface area contributed by atoms with Crippen molar-refractivity contribution in [2.75, 3.05) is 23.4 Å². The van der Waals surface area contributed by atoms with Gasteiger partial charge < -0.3 is 9.80 Å². The first-order chi connectivity index (χ1) is 11.7. The zero-order valence-corrected chi connectivity index (χ0v) is 14.3. The summed E-state index contributed by atoms with van der Waals surface area (Å²) in [4.78, 5) is 13.4. The van der Waals surface area contributed by atoms with Gasteiger partial charge in [0, 0.05) is 31.2 Å². The monoisotopic (exact) mass is 318 g/mol. The Morgan fingerprint density at radius 3 is 2.38 bits per heavy atom. The zero-order chi connectivity index (χ0) is 16.9. The van der Waals surface area contributed by atoms with E-state index in [2.05, 4.69) is 48.0 Å². The molecule has 0 amide bonds. The fraction of sp³-hybridized carbons (Fsp3) is 0.200. The molecular weight excluding hydrogens is 296 g/mol. The lowest BCUT2D eigenvalue weighted by Crippen LogP contribution is -2.20. The SMILES string of the molecule is CCN(c1cccc(C)c1)c1ccnc(N(C)c2ccccc2)n1. The lowest BCUT2D eigenvalue weighted by Gasteiger charge is -2.24. The molecule has 0 radical (unpaired) electrons. The molecule has 0 saturated carbocycles.